The van der Waals surface area contributed by atoms with Crippen molar-refractivity contribution in [2.45, 2.75) is 0 Å². The second-order valence-corrected chi connectivity index (χ2v) is 5.26. The molecule has 3 rings (SSSR count). The van der Waals surface area contributed by atoms with E-state index in [0.29, 0.717) is 18.7 Å². The number of ether oxygens (including phenoxy) is 1. The van der Waals surface area contributed by atoms with E-state index in [4.69, 9.17) is 4.74 Å². The summed E-state index contributed by atoms with van der Waals surface area (Å²) in [5.41, 5.74) is 0.543. The average molecular weight is 322 g/mol. The first-order valence-electron chi connectivity index (χ1n) is 7.62. The van der Waals surface area contributed by atoms with E-state index < -0.39 is 0 Å². The molecule has 0 N–H and O–H groups in total. The summed E-state index contributed by atoms with van der Waals surface area (Å²) in [4.78, 5) is 22.3. The van der Waals surface area contributed by atoms with Crippen LogP contribution in [0.15, 0.2) is 67.4 Å². The fourth-order valence-corrected chi connectivity index (χ4v) is 2.20. The van der Waals surface area contributed by atoms with Gasteiger partial charge in [0.25, 0.3) is 5.91 Å². The second kappa shape index (κ2) is 7.41. The summed E-state index contributed by atoms with van der Waals surface area (Å²) in [7, 11) is 1.75. The van der Waals surface area contributed by atoms with Gasteiger partial charge in [-0.25, -0.2) is 9.97 Å². The molecule has 0 aliphatic rings. The largest absolute Gasteiger partial charge is 0.492 e. The average Bonchev–Trinajstić information content (AvgIpc) is 3.17. The van der Waals surface area contributed by atoms with Crippen LogP contribution in [0.2, 0.25) is 0 Å². The number of likely N-dealkylation sites (N-methyl/N-ethyl adjacent to an activating group) is 1. The van der Waals surface area contributed by atoms with Crippen molar-refractivity contribution in [2.75, 3.05) is 20.2 Å². The molecule has 24 heavy (non-hydrogen) atoms. The van der Waals surface area contributed by atoms with Gasteiger partial charge in [0.2, 0.25) is 0 Å². The van der Waals surface area contributed by atoms with Crippen molar-refractivity contribution in [3.63, 3.8) is 0 Å². The zero-order valence-corrected chi connectivity index (χ0v) is 13.4. The molecule has 0 spiro atoms. The molecule has 6 nitrogen and oxygen atoms in total. The first kappa shape index (κ1) is 15.7. The van der Waals surface area contributed by atoms with E-state index in [1.54, 1.807) is 53.6 Å². The van der Waals surface area contributed by atoms with Crippen molar-refractivity contribution in [2.24, 2.45) is 0 Å². The third-order valence-electron chi connectivity index (χ3n) is 3.55. The molecule has 0 bridgehead atoms. The minimum absolute atomic E-state index is 0.0867. The molecule has 1 aromatic carbocycles. The quantitative estimate of drug-likeness (QED) is 0.699. The summed E-state index contributed by atoms with van der Waals surface area (Å²) in [6.45, 7) is 0.934. The van der Waals surface area contributed by atoms with Crippen LogP contribution >= 0.6 is 0 Å². The first-order valence-corrected chi connectivity index (χ1v) is 7.62. The topological polar surface area (TPSA) is 60.2 Å². The predicted molar refractivity (Wildman–Crippen MR) is 90.3 cm³/mol. The fourth-order valence-electron chi connectivity index (χ4n) is 2.20. The lowest BCUT2D eigenvalue weighted by Crippen LogP contribution is -2.31. The van der Waals surface area contributed by atoms with Gasteiger partial charge in [0.05, 0.1) is 12.1 Å². The van der Waals surface area contributed by atoms with Gasteiger partial charge in [-0.2, -0.15) is 0 Å². The molecule has 0 unspecified atom stereocenters. The second-order valence-electron chi connectivity index (χ2n) is 5.26. The minimum Gasteiger partial charge on any atom is -0.492 e. The molecule has 6 heteroatoms. The minimum atomic E-state index is -0.0867. The van der Waals surface area contributed by atoms with Crippen LogP contribution in [-0.2, 0) is 0 Å². The molecule has 0 fully saturated rings. The Hall–Kier alpha value is -3.15. The normalized spacial score (nSPS) is 10.4. The Balaban J connectivity index is 1.55. The number of hydrogen-bond acceptors (Lipinski definition) is 4. The Labute approximate surface area is 140 Å². The van der Waals surface area contributed by atoms with Crippen LogP contribution in [0.4, 0.5) is 0 Å². The van der Waals surface area contributed by atoms with Crippen LogP contribution in [0.5, 0.6) is 5.75 Å². The van der Waals surface area contributed by atoms with E-state index in [2.05, 4.69) is 9.97 Å². The van der Waals surface area contributed by atoms with E-state index in [9.17, 15) is 4.79 Å². The molecule has 0 aliphatic carbocycles. The molecule has 3 aromatic rings. The maximum absolute atomic E-state index is 12.4. The number of carbonyl (C=O) groups is 1. The monoisotopic (exact) mass is 322 g/mol. The van der Waals surface area contributed by atoms with Crippen molar-refractivity contribution < 1.29 is 9.53 Å². The van der Waals surface area contributed by atoms with Crippen molar-refractivity contribution in [1.29, 1.82) is 0 Å². The number of imidazole rings is 1. The number of rotatable bonds is 6. The number of aromatic nitrogens is 3. The number of carbonyl (C=O) groups excluding carboxylic acids is 1. The molecule has 0 atom stereocenters. The molecule has 122 valence electrons. The summed E-state index contributed by atoms with van der Waals surface area (Å²) in [6.07, 6.45) is 6.72. The maximum atomic E-state index is 12.4. The third kappa shape index (κ3) is 3.78. The first-order chi connectivity index (χ1) is 11.7. The number of pyridine rings is 1. The number of benzene rings is 1. The van der Waals surface area contributed by atoms with Crippen LogP contribution in [0.3, 0.4) is 0 Å². The van der Waals surface area contributed by atoms with Crippen molar-refractivity contribution in [1.82, 2.24) is 19.4 Å². The Morgan fingerprint density at radius 1 is 1.21 bits per heavy atom. The molecule has 0 aliphatic heterocycles. The summed E-state index contributed by atoms with van der Waals surface area (Å²) in [5, 5.41) is 0. The van der Waals surface area contributed by atoms with Crippen LogP contribution < -0.4 is 4.74 Å². The van der Waals surface area contributed by atoms with Crippen LogP contribution in [-0.4, -0.2) is 45.5 Å². The third-order valence-corrected chi connectivity index (χ3v) is 3.55. The number of amides is 1. The van der Waals surface area contributed by atoms with Gasteiger partial charge >= 0.3 is 0 Å². The van der Waals surface area contributed by atoms with Gasteiger partial charge in [0.1, 0.15) is 24.5 Å². The predicted octanol–water partition coefficient (Wildman–Crippen LogP) is 2.42. The van der Waals surface area contributed by atoms with Crippen LogP contribution in [0.25, 0.3) is 5.82 Å². The highest BCUT2D eigenvalue weighted by Gasteiger charge is 2.12. The molecular formula is C18H18N4O2. The van der Waals surface area contributed by atoms with E-state index in [1.807, 2.05) is 30.3 Å². The highest BCUT2D eigenvalue weighted by atomic mass is 16.5. The van der Waals surface area contributed by atoms with Crippen LogP contribution in [0, 0.1) is 0 Å². The lowest BCUT2D eigenvalue weighted by Gasteiger charge is -2.17. The Kier molecular flexibility index (Phi) is 4.86. The number of para-hydroxylation sites is 1. The van der Waals surface area contributed by atoms with Gasteiger partial charge in [-0.05, 0) is 24.3 Å². The van der Waals surface area contributed by atoms with E-state index in [0.717, 1.165) is 11.6 Å². The SMILES string of the molecule is CN(CCOc1ccccc1)C(=O)c1ccc(-n2ccnc2)nc1. The van der Waals surface area contributed by atoms with E-state index in [1.165, 1.54) is 0 Å². The van der Waals surface area contributed by atoms with Crippen molar-refractivity contribution >= 4 is 5.91 Å². The van der Waals surface area contributed by atoms with Gasteiger partial charge < -0.3 is 9.64 Å². The highest BCUT2D eigenvalue weighted by Crippen LogP contribution is 2.09. The molecule has 2 heterocycles. The molecule has 0 saturated heterocycles. The number of nitrogens with zero attached hydrogens (tertiary/aromatic N) is 4. The smallest absolute Gasteiger partial charge is 0.255 e. The molecule has 0 saturated carbocycles. The molecule has 0 radical (unpaired) electrons. The van der Waals surface area contributed by atoms with Crippen LogP contribution in [0.1, 0.15) is 10.4 Å². The van der Waals surface area contributed by atoms with Gasteiger partial charge in [0.15, 0.2) is 0 Å². The van der Waals surface area contributed by atoms with E-state index >= 15 is 0 Å². The Bertz CT molecular complexity index is 771. The fraction of sp³-hybridized carbons (Fsp3) is 0.167. The highest BCUT2D eigenvalue weighted by molar-refractivity contribution is 5.93. The maximum Gasteiger partial charge on any atom is 0.255 e. The molecule has 2 aromatic heterocycles. The standard InChI is InChI=1S/C18H18N4O2/c1-21(11-12-24-16-5-3-2-4-6-16)18(23)15-7-8-17(20-13-15)22-10-9-19-14-22/h2-10,13-14H,11-12H2,1H3. The van der Waals surface area contributed by atoms with Crippen molar-refractivity contribution in [3.05, 3.63) is 72.9 Å². The van der Waals surface area contributed by atoms with Gasteiger partial charge in [-0.3, -0.25) is 9.36 Å². The van der Waals surface area contributed by atoms with Gasteiger partial charge in [-0.1, -0.05) is 18.2 Å². The molecular weight excluding hydrogens is 304 g/mol. The van der Waals surface area contributed by atoms with E-state index in [-0.39, 0.29) is 5.91 Å². The summed E-state index contributed by atoms with van der Waals surface area (Å²) >= 11 is 0. The lowest BCUT2D eigenvalue weighted by atomic mass is 10.2. The lowest BCUT2D eigenvalue weighted by molar-refractivity contribution is 0.0773. The zero-order valence-electron chi connectivity index (χ0n) is 13.4. The van der Waals surface area contributed by atoms with Gasteiger partial charge in [0, 0.05) is 25.6 Å². The van der Waals surface area contributed by atoms with Gasteiger partial charge in [-0.15, -0.1) is 0 Å². The Morgan fingerprint density at radius 2 is 2.04 bits per heavy atom. The number of hydrogen-bond donors (Lipinski definition) is 0. The molecule has 1 amide bonds. The summed E-state index contributed by atoms with van der Waals surface area (Å²) < 4.78 is 7.39. The van der Waals surface area contributed by atoms with Crippen molar-refractivity contribution in [3.8, 4) is 11.6 Å². The zero-order chi connectivity index (χ0) is 16.8. The summed E-state index contributed by atoms with van der Waals surface area (Å²) in [6, 6.07) is 13.1. The Morgan fingerprint density at radius 3 is 2.71 bits per heavy atom. The summed E-state index contributed by atoms with van der Waals surface area (Å²) in [5.74, 6) is 1.43.